The van der Waals surface area contributed by atoms with Crippen molar-refractivity contribution in [3.63, 3.8) is 0 Å². The molecule has 3 heteroatoms. The second-order valence-electron chi connectivity index (χ2n) is 4.38. The summed E-state index contributed by atoms with van der Waals surface area (Å²) >= 11 is 0. The van der Waals surface area contributed by atoms with Crippen LogP contribution in [0.15, 0.2) is 23.3 Å². The van der Waals surface area contributed by atoms with E-state index in [1.54, 1.807) is 19.1 Å². The number of allylic oxidation sites excluding steroid dienone is 2. The van der Waals surface area contributed by atoms with Gasteiger partial charge in [-0.25, -0.2) is 4.79 Å². The molecule has 0 saturated carbocycles. The molecule has 0 atom stereocenters. The number of carboxylic acid groups (broad SMARTS) is 1. The van der Waals surface area contributed by atoms with Gasteiger partial charge < -0.3 is 10.5 Å². The molecule has 0 aromatic heterocycles. The molecule has 14 heavy (non-hydrogen) atoms. The fraction of sp³-hybridized carbons (Fsp3) is 0.455. The number of hydrogen-bond donors (Lipinski definition) is 2. The van der Waals surface area contributed by atoms with Gasteiger partial charge in [-0.3, -0.25) is 0 Å². The summed E-state index contributed by atoms with van der Waals surface area (Å²) in [6.45, 7) is 5.66. The van der Waals surface area contributed by atoms with Crippen LogP contribution >= 0.6 is 0 Å². The van der Waals surface area contributed by atoms with Gasteiger partial charge in [-0.2, -0.15) is 0 Å². The zero-order valence-electron chi connectivity index (χ0n) is 8.72. The van der Waals surface area contributed by atoms with E-state index in [-0.39, 0.29) is 11.0 Å². The van der Waals surface area contributed by atoms with Gasteiger partial charge in [0.15, 0.2) is 0 Å². The van der Waals surface area contributed by atoms with E-state index < -0.39 is 5.97 Å². The largest absolute Gasteiger partial charge is 0.478 e. The molecule has 0 radical (unpaired) electrons. The maximum Gasteiger partial charge on any atom is 0.335 e. The molecule has 0 unspecified atom stereocenters. The molecule has 1 aliphatic carbocycles. The summed E-state index contributed by atoms with van der Waals surface area (Å²) in [7, 11) is 0. The standard InChI is InChI=1S/C11H15NO2/c1-7-4-8(10(13)14)5-11(2,3)6-9(7)12/h4-5,12H,6H2,1-3H3,(H,13,14). The Morgan fingerprint density at radius 1 is 1.57 bits per heavy atom. The Morgan fingerprint density at radius 2 is 2.14 bits per heavy atom. The van der Waals surface area contributed by atoms with Crippen molar-refractivity contribution >= 4 is 11.7 Å². The SMILES string of the molecule is CC1=CC(C(=O)O)=CC(C)(C)CC1=N. The summed E-state index contributed by atoms with van der Waals surface area (Å²) in [5, 5.41) is 16.6. The maximum absolute atomic E-state index is 10.9. The molecule has 2 N–H and O–H groups in total. The normalized spacial score (nSPS) is 20.9. The van der Waals surface area contributed by atoms with Crippen LogP contribution < -0.4 is 0 Å². The van der Waals surface area contributed by atoms with E-state index in [1.165, 1.54) is 0 Å². The van der Waals surface area contributed by atoms with Crippen molar-refractivity contribution in [2.24, 2.45) is 5.41 Å². The molecule has 0 aliphatic heterocycles. The summed E-state index contributed by atoms with van der Waals surface area (Å²) in [4.78, 5) is 10.9. The Kier molecular flexibility index (Phi) is 2.60. The highest BCUT2D eigenvalue weighted by atomic mass is 16.4. The van der Waals surface area contributed by atoms with Crippen molar-refractivity contribution < 1.29 is 9.90 Å². The third kappa shape index (κ3) is 2.31. The van der Waals surface area contributed by atoms with Crippen LogP contribution in [0.1, 0.15) is 27.2 Å². The predicted molar refractivity (Wildman–Crippen MR) is 55.6 cm³/mol. The second kappa shape index (κ2) is 3.40. The molecule has 3 nitrogen and oxygen atoms in total. The molecule has 0 fully saturated rings. The summed E-state index contributed by atoms with van der Waals surface area (Å²) in [6, 6.07) is 0. The number of rotatable bonds is 1. The van der Waals surface area contributed by atoms with Gasteiger partial charge in [0.25, 0.3) is 0 Å². The molecule has 0 heterocycles. The van der Waals surface area contributed by atoms with E-state index in [0.29, 0.717) is 12.1 Å². The lowest BCUT2D eigenvalue weighted by Gasteiger charge is -2.19. The first kappa shape index (κ1) is 10.7. The molecule has 0 saturated heterocycles. The minimum atomic E-state index is -0.924. The van der Waals surface area contributed by atoms with Crippen molar-refractivity contribution in [2.45, 2.75) is 27.2 Å². The third-order valence-electron chi connectivity index (χ3n) is 2.27. The summed E-state index contributed by atoms with van der Waals surface area (Å²) in [5.74, 6) is -0.924. The van der Waals surface area contributed by atoms with Crippen LogP contribution in [0.2, 0.25) is 0 Å². The van der Waals surface area contributed by atoms with Gasteiger partial charge in [-0.15, -0.1) is 0 Å². The van der Waals surface area contributed by atoms with Gasteiger partial charge in [-0.1, -0.05) is 19.9 Å². The molecule has 76 valence electrons. The smallest absolute Gasteiger partial charge is 0.335 e. The molecule has 1 rings (SSSR count). The van der Waals surface area contributed by atoms with Crippen LogP contribution in [0.3, 0.4) is 0 Å². The Balaban J connectivity index is 3.18. The van der Waals surface area contributed by atoms with Crippen LogP contribution in [-0.2, 0) is 4.79 Å². The molecule has 0 aromatic rings. The zero-order valence-corrected chi connectivity index (χ0v) is 8.72. The second-order valence-corrected chi connectivity index (χ2v) is 4.38. The van der Waals surface area contributed by atoms with E-state index in [0.717, 1.165) is 5.57 Å². The molecule has 0 aromatic carbocycles. The van der Waals surface area contributed by atoms with E-state index in [9.17, 15) is 4.79 Å². The van der Waals surface area contributed by atoms with Gasteiger partial charge in [-0.05, 0) is 30.4 Å². The van der Waals surface area contributed by atoms with Gasteiger partial charge in [0.1, 0.15) is 0 Å². The molecule has 0 bridgehead atoms. The number of aliphatic carboxylic acids is 1. The molecular weight excluding hydrogens is 178 g/mol. The highest BCUT2D eigenvalue weighted by Gasteiger charge is 2.23. The summed E-state index contributed by atoms with van der Waals surface area (Å²) in [5.41, 5.74) is 1.29. The van der Waals surface area contributed by atoms with Crippen LogP contribution in [0.25, 0.3) is 0 Å². The lowest BCUT2D eigenvalue weighted by atomic mass is 9.86. The molecule has 1 aliphatic rings. The number of carbonyl (C=O) groups is 1. The van der Waals surface area contributed by atoms with Crippen LogP contribution in [0, 0.1) is 10.8 Å². The van der Waals surface area contributed by atoms with Gasteiger partial charge in [0.05, 0.1) is 5.57 Å². The van der Waals surface area contributed by atoms with Crippen LogP contribution in [-0.4, -0.2) is 16.8 Å². The topological polar surface area (TPSA) is 61.1 Å². The first-order valence-electron chi connectivity index (χ1n) is 4.54. The van der Waals surface area contributed by atoms with E-state index in [2.05, 4.69) is 0 Å². The van der Waals surface area contributed by atoms with Gasteiger partial charge in [0.2, 0.25) is 0 Å². The van der Waals surface area contributed by atoms with Crippen LogP contribution in [0.4, 0.5) is 0 Å². The average molecular weight is 193 g/mol. The average Bonchev–Trinajstić information content (AvgIpc) is 2.09. The predicted octanol–water partition coefficient (Wildman–Crippen LogP) is 2.39. The first-order chi connectivity index (χ1) is 6.32. The summed E-state index contributed by atoms with van der Waals surface area (Å²) < 4.78 is 0. The number of hydrogen-bond acceptors (Lipinski definition) is 2. The molecule has 0 spiro atoms. The van der Waals surface area contributed by atoms with Crippen molar-refractivity contribution in [3.8, 4) is 0 Å². The Labute approximate surface area is 83.6 Å². The highest BCUT2D eigenvalue weighted by molar-refractivity contribution is 6.02. The fourth-order valence-electron chi connectivity index (χ4n) is 1.55. The minimum Gasteiger partial charge on any atom is -0.478 e. The van der Waals surface area contributed by atoms with E-state index in [1.807, 2.05) is 13.8 Å². The van der Waals surface area contributed by atoms with Crippen molar-refractivity contribution in [2.75, 3.05) is 0 Å². The quantitative estimate of drug-likeness (QED) is 0.671. The highest BCUT2D eigenvalue weighted by Crippen LogP contribution is 2.29. The fourth-order valence-corrected chi connectivity index (χ4v) is 1.55. The lowest BCUT2D eigenvalue weighted by Crippen LogP contribution is -2.13. The summed E-state index contributed by atoms with van der Waals surface area (Å²) in [6.07, 6.45) is 3.88. The minimum absolute atomic E-state index is 0.251. The van der Waals surface area contributed by atoms with E-state index >= 15 is 0 Å². The zero-order chi connectivity index (χ0) is 10.9. The Morgan fingerprint density at radius 3 is 2.64 bits per heavy atom. The van der Waals surface area contributed by atoms with Crippen molar-refractivity contribution in [3.05, 3.63) is 23.3 Å². The molecule has 0 amide bonds. The first-order valence-corrected chi connectivity index (χ1v) is 4.54. The molecular formula is C11H15NO2. The number of carboxylic acids is 1. The Hall–Kier alpha value is -1.38. The Bertz CT molecular complexity index is 348. The van der Waals surface area contributed by atoms with Crippen molar-refractivity contribution in [1.29, 1.82) is 5.41 Å². The monoisotopic (exact) mass is 193 g/mol. The number of nitrogens with one attached hydrogen (secondary N) is 1. The lowest BCUT2D eigenvalue weighted by molar-refractivity contribution is -0.132. The van der Waals surface area contributed by atoms with Gasteiger partial charge >= 0.3 is 5.97 Å². The van der Waals surface area contributed by atoms with Crippen molar-refractivity contribution in [1.82, 2.24) is 0 Å². The van der Waals surface area contributed by atoms with E-state index in [4.69, 9.17) is 10.5 Å². The van der Waals surface area contributed by atoms with Crippen LogP contribution in [0.5, 0.6) is 0 Å². The van der Waals surface area contributed by atoms with Gasteiger partial charge in [0, 0.05) is 5.71 Å². The third-order valence-corrected chi connectivity index (χ3v) is 2.27. The maximum atomic E-state index is 10.9.